The Kier molecular flexibility index (Phi) is 5.01. The number of hydrogen-bond donors (Lipinski definition) is 1. The van der Waals surface area contributed by atoms with E-state index in [9.17, 15) is 0 Å². The number of anilines is 1. The highest BCUT2D eigenvalue weighted by Gasteiger charge is 2.17. The Morgan fingerprint density at radius 2 is 1.95 bits per heavy atom. The topological polar surface area (TPSA) is 50.7 Å². The van der Waals surface area contributed by atoms with Crippen LogP contribution in [0, 0.1) is 6.92 Å². The first kappa shape index (κ1) is 16.0. The van der Waals surface area contributed by atoms with Crippen molar-refractivity contribution in [3.05, 3.63) is 33.6 Å². The summed E-state index contributed by atoms with van der Waals surface area (Å²) in [6.07, 6.45) is 1.55. The van der Waals surface area contributed by atoms with Crippen molar-refractivity contribution in [3.63, 3.8) is 0 Å². The fourth-order valence-corrected chi connectivity index (χ4v) is 2.72. The molecule has 0 saturated heterocycles. The van der Waals surface area contributed by atoms with Crippen LogP contribution in [-0.2, 0) is 0 Å². The van der Waals surface area contributed by atoms with Crippen molar-refractivity contribution < 1.29 is 0 Å². The highest BCUT2D eigenvalue weighted by Crippen LogP contribution is 2.30. The molecular formula is C15H18Cl2N4. The van der Waals surface area contributed by atoms with Gasteiger partial charge in [0.1, 0.15) is 11.5 Å². The Bertz CT molecular complexity index is 656. The van der Waals surface area contributed by atoms with Gasteiger partial charge in [0.25, 0.3) is 0 Å². The quantitative estimate of drug-likeness (QED) is 0.884. The zero-order valence-electron chi connectivity index (χ0n) is 12.5. The van der Waals surface area contributed by atoms with Crippen molar-refractivity contribution in [2.24, 2.45) is 0 Å². The minimum absolute atomic E-state index is 0.335. The maximum Gasteiger partial charge on any atom is 0.181 e. The molecule has 0 aliphatic heterocycles. The fourth-order valence-electron chi connectivity index (χ4n) is 2.26. The lowest BCUT2D eigenvalue weighted by Crippen LogP contribution is -2.10. The molecule has 2 heterocycles. The third-order valence-corrected chi connectivity index (χ3v) is 3.57. The van der Waals surface area contributed by atoms with E-state index < -0.39 is 0 Å². The van der Waals surface area contributed by atoms with Gasteiger partial charge in [-0.2, -0.15) is 0 Å². The summed E-state index contributed by atoms with van der Waals surface area (Å²) < 4.78 is 0. The zero-order chi connectivity index (χ0) is 15.6. The Balaban J connectivity index is 2.60. The maximum absolute atomic E-state index is 6.20. The number of hydrogen-bond acceptors (Lipinski definition) is 4. The van der Waals surface area contributed by atoms with Crippen molar-refractivity contribution in [1.29, 1.82) is 0 Å². The molecule has 1 N–H and O–H groups in total. The minimum Gasteiger partial charge on any atom is -0.370 e. The molecule has 2 rings (SSSR count). The van der Waals surface area contributed by atoms with Gasteiger partial charge >= 0.3 is 0 Å². The van der Waals surface area contributed by atoms with Crippen LogP contribution in [0.25, 0.3) is 11.5 Å². The number of pyridine rings is 1. The SMILES string of the molecule is CCNc1nc(-c2ncc(Cl)cc2Cl)nc(C)c1C(C)C. The van der Waals surface area contributed by atoms with Crippen LogP contribution in [0.15, 0.2) is 12.3 Å². The monoisotopic (exact) mass is 324 g/mol. The van der Waals surface area contributed by atoms with Crippen LogP contribution < -0.4 is 5.32 Å². The molecule has 0 unspecified atom stereocenters. The van der Waals surface area contributed by atoms with E-state index in [0.717, 1.165) is 23.6 Å². The van der Waals surface area contributed by atoms with Crippen molar-refractivity contribution in [3.8, 4) is 11.5 Å². The lowest BCUT2D eigenvalue weighted by molar-refractivity contribution is 0.830. The van der Waals surface area contributed by atoms with Crippen molar-refractivity contribution in [1.82, 2.24) is 15.0 Å². The maximum atomic E-state index is 6.20. The lowest BCUT2D eigenvalue weighted by atomic mass is 10.0. The summed E-state index contributed by atoms with van der Waals surface area (Å²) in [6, 6.07) is 1.65. The van der Waals surface area contributed by atoms with Gasteiger partial charge in [0, 0.05) is 24.0 Å². The molecule has 0 bridgehead atoms. The first-order valence-corrected chi connectivity index (χ1v) is 7.63. The molecule has 0 fully saturated rings. The summed E-state index contributed by atoms with van der Waals surface area (Å²) >= 11 is 12.1. The van der Waals surface area contributed by atoms with Crippen LogP contribution in [0.3, 0.4) is 0 Å². The summed E-state index contributed by atoms with van der Waals surface area (Å²) in [4.78, 5) is 13.4. The molecule has 2 aromatic heterocycles. The Labute approximate surface area is 134 Å². The zero-order valence-corrected chi connectivity index (χ0v) is 14.0. The van der Waals surface area contributed by atoms with Gasteiger partial charge in [-0.3, -0.25) is 0 Å². The third-order valence-electron chi connectivity index (χ3n) is 3.08. The van der Waals surface area contributed by atoms with E-state index in [4.69, 9.17) is 23.2 Å². The predicted molar refractivity (Wildman–Crippen MR) is 88.3 cm³/mol. The number of aromatic nitrogens is 3. The molecule has 0 aliphatic rings. The molecule has 0 aromatic carbocycles. The van der Waals surface area contributed by atoms with Crippen LogP contribution in [-0.4, -0.2) is 21.5 Å². The van der Waals surface area contributed by atoms with Crippen molar-refractivity contribution in [2.75, 3.05) is 11.9 Å². The van der Waals surface area contributed by atoms with Crippen LogP contribution in [0.1, 0.15) is 37.9 Å². The number of aryl methyl sites for hydroxylation is 1. The Hall–Kier alpha value is -1.39. The molecule has 0 radical (unpaired) electrons. The average molecular weight is 325 g/mol. The molecule has 0 aliphatic carbocycles. The van der Waals surface area contributed by atoms with Crippen LogP contribution in [0.2, 0.25) is 10.0 Å². The highest BCUT2D eigenvalue weighted by atomic mass is 35.5. The third kappa shape index (κ3) is 3.44. The first-order valence-electron chi connectivity index (χ1n) is 6.87. The van der Waals surface area contributed by atoms with E-state index in [1.165, 1.54) is 0 Å². The Morgan fingerprint density at radius 1 is 1.24 bits per heavy atom. The van der Waals surface area contributed by atoms with Crippen molar-refractivity contribution in [2.45, 2.75) is 33.6 Å². The standard InChI is InChI=1S/C15H18Cl2N4/c1-5-18-14-12(8(2)3)9(4)20-15(21-14)13-11(17)6-10(16)7-19-13/h6-8H,5H2,1-4H3,(H,18,20,21). The second-order valence-corrected chi connectivity index (χ2v) is 5.91. The van der Waals surface area contributed by atoms with E-state index in [1.807, 2.05) is 13.8 Å². The van der Waals surface area contributed by atoms with E-state index in [0.29, 0.717) is 27.5 Å². The summed E-state index contributed by atoms with van der Waals surface area (Å²) in [5.41, 5.74) is 2.59. The highest BCUT2D eigenvalue weighted by molar-refractivity contribution is 6.35. The van der Waals surface area contributed by atoms with E-state index in [-0.39, 0.29) is 0 Å². The van der Waals surface area contributed by atoms with Gasteiger partial charge in [0.05, 0.1) is 10.0 Å². The number of nitrogens with one attached hydrogen (secondary N) is 1. The molecular weight excluding hydrogens is 307 g/mol. The molecule has 21 heavy (non-hydrogen) atoms. The molecule has 6 heteroatoms. The van der Waals surface area contributed by atoms with Gasteiger partial charge in [0.15, 0.2) is 5.82 Å². The van der Waals surface area contributed by atoms with Crippen LogP contribution in [0.5, 0.6) is 0 Å². The van der Waals surface area contributed by atoms with Gasteiger partial charge < -0.3 is 5.32 Å². The minimum atomic E-state index is 0.335. The van der Waals surface area contributed by atoms with Gasteiger partial charge in [0.2, 0.25) is 0 Å². The molecule has 2 aromatic rings. The van der Waals surface area contributed by atoms with Crippen LogP contribution in [0.4, 0.5) is 5.82 Å². The van der Waals surface area contributed by atoms with Gasteiger partial charge in [-0.1, -0.05) is 37.0 Å². The second kappa shape index (κ2) is 6.58. The van der Waals surface area contributed by atoms with E-state index in [1.54, 1.807) is 12.3 Å². The van der Waals surface area contributed by atoms with Crippen LogP contribution >= 0.6 is 23.2 Å². The first-order chi connectivity index (χ1) is 9.93. The number of nitrogens with zero attached hydrogens (tertiary/aromatic N) is 3. The molecule has 112 valence electrons. The predicted octanol–water partition coefficient (Wildman–Crippen LogP) is 4.71. The smallest absolute Gasteiger partial charge is 0.181 e. The summed E-state index contributed by atoms with van der Waals surface area (Å²) in [5.74, 6) is 1.68. The summed E-state index contributed by atoms with van der Waals surface area (Å²) in [6.45, 7) is 9.05. The normalized spacial score (nSPS) is 11.0. The van der Waals surface area contributed by atoms with Gasteiger partial charge in [-0.05, 0) is 25.8 Å². The number of rotatable bonds is 4. The molecule has 4 nitrogen and oxygen atoms in total. The largest absolute Gasteiger partial charge is 0.370 e. The van der Waals surface area contributed by atoms with Gasteiger partial charge in [-0.15, -0.1) is 0 Å². The van der Waals surface area contributed by atoms with E-state index >= 15 is 0 Å². The Morgan fingerprint density at radius 3 is 2.52 bits per heavy atom. The van der Waals surface area contributed by atoms with E-state index in [2.05, 4.69) is 34.1 Å². The molecule has 0 amide bonds. The second-order valence-electron chi connectivity index (χ2n) is 5.06. The lowest BCUT2D eigenvalue weighted by Gasteiger charge is -2.16. The summed E-state index contributed by atoms with van der Waals surface area (Å²) in [5, 5.41) is 4.23. The molecule has 0 saturated carbocycles. The summed E-state index contributed by atoms with van der Waals surface area (Å²) in [7, 11) is 0. The molecule has 0 atom stereocenters. The van der Waals surface area contributed by atoms with Crippen molar-refractivity contribution >= 4 is 29.0 Å². The number of halogens is 2. The molecule has 0 spiro atoms. The van der Waals surface area contributed by atoms with Gasteiger partial charge in [-0.25, -0.2) is 15.0 Å². The average Bonchev–Trinajstić information content (AvgIpc) is 2.37. The fraction of sp³-hybridized carbons (Fsp3) is 0.400.